The Kier molecular flexibility index (Phi) is 5.95. The molecule has 0 radical (unpaired) electrons. The molecule has 12 aromatic rings. The van der Waals surface area contributed by atoms with E-state index in [1.807, 2.05) is 115 Å². The minimum absolute atomic E-state index is 0.0769. The first kappa shape index (κ1) is 26.0. The zero-order valence-electron chi connectivity index (χ0n) is 40.5. The standard InChI is InChI=1S/C55H33N3O2/c1-3-13-34(14-4-1)35-25-27-36(28-26-35)38-17-11-18-39(31-38)53-56-54(40-29-30-45-50(32-40)59-49-24-12-22-41(51(45)49)37-15-5-2-6-16-37)58-55(57-53)47-33-46-43-20-9-10-23-48(43)60-52(46)44-21-8-7-19-42(44)47/h1-33H/i7D,8D,9D,10D,19D,20D,21D,23D,33D. The molecule has 0 fully saturated rings. The number of rotatable bonds is 6. The van der Waals surface area contributed by atoms with Crippen molar-refractivity contribution in [2.45, 2.75) is 0 Å². The van der Waals surface area contributed by atoms with Gasteiger partial charge in [-0.05, 0) is 75.1 Å². The highest BCUT2D eigenvalue weighted by molar-refractivity contribution is 6.19. The van der Waals surface area contributed by atoms with Gasteiger partial charge < -0.3 is 8.83 Å². The van der Waals surface area contributed by atoms with Crippen molar-refractivity contribution in [1.29, 1.82) is 0 Å². The summed E-state index contributed by atoms with van der Waals surface area (Å²) in [5.41, 5.74) is 7.83. The third kappa shape index (κ3) is 5.67. The Hall–Kier alpha value is -8.15. The molecule has 0 saturated carbocycles. The average Bonchev–Trinajstić information content (AvgIpc) is 3.99. The maximum Gasteiger partial charge on any atom is 0.164 e. The van der Waals surface area contributed by atoms with E-state index < -0.39 is 48.3 Å². The number of aromatic nitrogens is 3. The fourth-order valence-corrected chi connectivity index (χ4v) is 8.03. The Morgan fingerprint density at radius 2 is 0.933 bits per heavy atom. The van der Waals surface area contributed by atoms with Crippen LogP contribution in [0.3, 0.4) is 0 Å². The highest BCUT2D eigenvalue weighted by Gasteiger charge is 2.20. The third-order valence-electron chi connectivity index (χ3n) is 10.9. The molecule has 3 heterocycles. The summed E-state index contributed by atoms with van der Waals surface area (Å²) in [4.78, 5) is 15.1. The lowest BCUT2D eigenvalue weighted by molar-refractivity contribution is 0.669. The van der Waals surface area contributed by atoms with E-state index in [2.05, 4.69) is 30.3 Å². The van der Waals surface area contributed by atoms with Crippen LogP contribution in [0.2, 0.25) is 0 Å². The van der Waals surface area contributed by atoms with Gasteiger partial charge in [0.1, 0.15) is 22.3 Å². The number of furan rings is 2. The third-order valence-corrected chi connectivity index (χ3v) is 10.9. The van der Waals surface area contributed by atoms with Crippen molar-refractivity contribution in [2.24, 2.45) is 0 Å². The van der Waals surface area contributed by atoms with Crippen LogP contribution in [0.4, 0.5) is 0 Å². The molecular formula is C55H33N3O2. The summed E-state index contributed by atoms with van der Waals surface area (Å²) in [5, 5.41) is 1.37. The van der Waals surface area contributed by atoms with Gasteiger partial charge in [0.25, 0.3) is 0 Å². The summed E-state index contributed by atoms with van der Waals surface area (Å²) in [5.74, 6) is 0.257. The summed E-state index contributed by atoms with van der Waals surface area (Å²) in [6, 6.07) is 43.1. The van der Waals surface area contributed by atoms with Gasteiger partial charge in [-0.25, -0.2) is 15.0 Å². The Labute approximate surface area is 357 Å². The van der Waals surface area contributed by atoms with Gasteiger partial charge in [0.05, 0.1) is 12.3 Å². The number of benzene rings is 9. The van der Waals surface area contributed by atoms with E-state index in [4.69, 9.17) is 32.0 Å². The summed E-state index contributed by atoms with van der Waals surface area (Å²) < 4.78 is 93.1. The van der Waals surface area contributed by atoms with E-state index in [0.29, 0.717) is 22.3 Å². The SMILES string of the molecule is [2H]c1c([2H])c([2H])c2c(oc3c4c([2H])c([2H])c([2H])c([2H])c4c(-c4nc(-c5cccc(-c6ccc(-c7ccccc7)cc6)c5)nc(-c5ccc6c(c5)oc5cccc(-c7ccccc7)c56)n4)c([2H])c32)c1[2H]. The highest BCUT2D eigenvalue weighted by atomic mass is 16.3. The number of nitrogens with zero attached hydrogens (tertiary/aromatic N) is 3. The number of para-hydroxylation sites is 1. The van der Waals surface area contributed by atoms with Crippen molar-refractivity contribution < 1.29 is 21.2 Å². The lowest BCUT2D eigenvalue weighted by Gasteiger charge is -2.12. The van der Waals surface area contributed by atoms with Gasteiger partial charge in [-0.3, -0.25) is 0 Å². The number of fused-ring (bicyclic) bond motifs is 8. The molecule has 0 amide bonds. The topological polar surface area (TPSA) is 65.0 Å². The molecule has 0 aliphatic heterocycles. The van der Waals surface area contributed by atoms with Crippen LogP contribution in [0.1, 0.15) is 12.3 Å². The summed E-state index contributed by atoms with van der Waals surface area (Å²) in [6.07, 6.45) is 0. The molecule has 5 heteroatoms. The lowest BCUT2D eigenvalue weighted by Crippen LogP contribution is -2.01. The minimum Gasteiger partial charge on any atom is -0.456 e. The Balaban J connectivity index is 1.13. The monoisotopic (exact) mass is 776 g/mol. The van der Waals surface area contributed by atoms with Crippen molar-refractivity contribution >= 4 is 54.6 Å². The van der Waals surface area contributed by atoms with Crippen LogP contribution in [0.25, 0.3) is 122 Å². The molecule has 0 unspecified atom stereocenters. The summed E-state index contributed by atoms with van der Waals surface area (Å²) >= 11 is 0. The maximum atomic E-state index is 9.90. The largest absolute Gasteiger partial charge is 0.456 e. The van der Waals surface area contributed by atoms with Gasteiger partial charge in [0.2, 0.25) is 0 Å². The quantitative estimate of drug-likeness (QED) is 0.168. The first-order valence-electron chi connectivity index (χ1n) is 23.9. The molecule has 0 saturated heterocycles. The fourth-order valence-electron chi connectivity index (χ4n) is 8.03. The van der Waals surface area contributed by atoms with Crippen LogP contribution in [0.15, 0.2) is 209 Å². The van der Waals surface area contributed by atoms with Crippen LogP contribution in [-0.4, -0.2) is 15.0 Å². The maximum absolute atomic E-state index is 9.90. The minimum atomic E-state index is -0.572. The molecule has 9 aromatic carbocycles. The van der Waals surface area contributed by atoms with Crippen LogP contribution in [-0.2, 0) is 0 Å². The highest BCUT2D eigenvalue weighted by Crippen LogP contribution is 2.41. The zero-order valence-corrected chi connectivity index (χ0v) is 31.5. The molecule has 0 aliphatic carbocycles. The van der Waals surface area contributed by atoms with Crippen molar-refractivity contribution in [3.8, 4) is 67.5 Å². The zero-order chi connectivity index (χ0) is 47.4. The van der Waals surface area contributed by atoms with Crippen molar-refractivity contribution in [3.63, 3.8) is 0 Å². The van der Waals surface area contributed by atoms with Crippen LogP contribution >= 0.6 is 0 Å². The predicted molar refractivity (Wildman–Crippen MR) is 245 cm³/mol. The summed E-state index contributed by atoms with van der Waals surface area (Å²) in [6.45, 7) is 0. The smallest absolute Gasteiger partial charge is 0.164 e. The van der Waals surface area contributed by atoms with E-state index in [0.717, 1.165) is 44.2 Å². The molecule has 60 heavy (non-hydrogen) atoms. The second kappa shape index (κ2) is 13.8. The van der Waals surface area contributed by atoms with Crippen molar-refractivity contribution in [2.75, 3.05) is 0 Å². The second-order valence-corrected chi connectivity index (χ2v) is 14.4. The van der Waals surface area contributed by atoms with Crippen LogP contribution in [0, 0.1) is 0 Å². The first-order chi connectivity index (χ1) is 33.5. The Morgan fingerprint density at radius 3 is 1.72 bits per heavy atom. The Morgan fingerprint density at radius 1 is 0.350 bits per heavy atom. The number of hydrogen-bond acceptors (Lipinski definition) is 5. The van der Waals surface area contributed by atoms with E-state index in [-0.39, 0.29) is 61.8 Å². The lowest BCUT2D eigenvalue weighted by atomic mass is 9.98. The summed E-state index contributed by atoms with van der Waals surface area (Å²) in [7, 11) is 0. The molecule has 12 rings (SSSR count). The molecule has 280 valence electrons. The second-order valence-electron chi connectivity index (χ2n) is 14.4. The van der Waals surface area contributed by atoms with Crippen molar-refractivity contribution in [1.82, 2.24) is 15.0 Å². The Bertz CT molecular complexity index is 4120. The normalized spacial score (nSPS) is 13.8. The van der Waals surface area contributed by atoms with Gasteiger partial charge in [-0.15, -0.1) is 0 Å². The fraction of sp³-hybridized carbons (Fsp3) is 0. The number of hydrogen-bond donors (Lipinski definition) is 0. The molecular weight excluding hydrogens is 735 g/mol. The predicted octanol–water partition coefficient (Wildman–Crippen LogP) is 14.8. The van der Waals surface area contributed by atoms with Gasteiger partial charge in [0, 0.05) is 43.6 Å². The molecule has 0 N–H and O–H groups in total. The van der Waals surface area contributed by atoms with Gasteiger partial charge in [-0.1, -0.05) is 164 Å². The van der Waals surface area contributed by atoms with E-state index in [1.165, 1.54) is 0 Å². The van der Waals surface area contributed by atoms with Gasteiger partial charge >= 0.3 is 0 Å². The van der Waals surface area contributed by atoms with E-state index >= 15 is 0 Å². The van der Waals surface area contributed by atoms with Gasteiger partial charge in [-0.2, -0.15) is 0 Å². The van der Waals surface area contributed by atoms with E-state index in [9.17, 15) is 4.11 Å². The molecule has 0 atom stereocenters. The first-order valence-corrected chi connectivity index (χ1v) is 19.4. The van der Waals surface area contributed by atoms with Gasteiger partial charge in [0.15, 0.2) is 17.5 Å². The van der Waals surface area contributed by atoms with Crippen molar-refractivity contribution in [3.05, 3.63) is 200 Å². The van der Waals surface area contributed by atoms with Crippen LogP contribution < -0.4 is 0 Å². The molecule has 0 bridgehead atoms. The molecule has 0 spiro atoms. The molecule has 5 nitrogen and oxygen atoms in total. The van der Waals surface area contributed by atoms with E-state index in [1.54, 1.807) is 0 Å². The molecule has 0 aliphatic rings. The van der Waals surface area contributed by atoms with Crippen LogP contribution in [0.5, 0.6) is 0 Å². The average molecular weight is 777 g/mol. The molecule has 3 aromatic heterocycles.